The molecule has 0 aromatic heterocycles. The van der Waals surface area contributed by atoms with Crippen molar-refractivity contribution >= 4 is 35.1 Å². The molecule has 0 unspecified atom stereocenters. The molecular formula is C20H20ClN3O4. The summed E-state index contributed by atoms with van der Waals surface area (Å²) in [4.78, 5) is 38.9. The Balaban J connectivity index is 1.79. The number of carbonyl (C=O) groups is 3. The second-order valence-corrected chi connectivity index (χ2v) is 6.78. The van der Waals surface area contributed by atoms with Crippen molar-refractivity contribution in [1.29, 1.82) is 0 Å². The second kappa shape index (κ2) is 7.90. The maximum atomic E-state index is 13.1. The van der Waals surface area contributed by atoms with Crippen LogP contribution in [0.5, 0.6) is 5.75 Å². The normalized spacial score (nSPS) is 18.8. The molecule has 2 N–H and O–H groups in total. The molecule has 1 aliphatic rings. The maximum absolute atomic E-state index is 13.1. The smallest absolute Gasteiger partial charge is 0.325 e. The van der Waals surface area contributed by atoms with Crippen LogP contribution in [0.4, 0.5) is 10.5 Å². The van der Waals surface area contributed by atoms with Crippen LogP contribution in [0, 0.1) is 0 Å². The number of imide groups is 1. The minimum atomic E-state index is -1.17. The lowest BCUT2D eigenvalue weighted by atomic mass is 9.87. The molecule has 0 saturated carbocycles. The van der Waals surface area contributed by atoms with Gasteiger partial charge in [0.25, 0.3) is 5.91 Å². The van der Waals surface area contributed by atoms with Crippen molar-refractivity contribution in [1.82, 2.24) is 10.2 Å². The monoisotopic (exact) mass is 401 g/mol. The summed E-state index contributed by atoms with van der Waals surface area (Å²) in [7, 11) is 1.46. The molecule has 0 aliphatic carbocycles. The van der Waals surface area contributed by atoms with Gasteiger partial charge in [0.05, 0.1) is 12.8 Å². The number of benzene rings is 2. The van der Waals surface area contributed by atoms with E-state index in [-0.39, 0.29) is 0 Å². The molecule has 8 heteroatoms. The zero-order valence-electron chi connectivity index (χ0n) is 15.5. The Morgan fingerprint density at radius 2 is 1.93 bits per heavy atom. The second-order valence-electron chi connectivity index (χ2n) is 6.34. The highest BCUT2D eigenvalue weighted by molar-refractivity contribution is 6.31. The molecular weight excluding hydrogens is 382 g/mol. The molecule has 0 radical (unpaired) electrons. The summed E-state index contributed by atoms with van der Waals surface area (Å²) in [6.07, 6.45) is 0.363. The van der Waals surface area contributed by atoms with Gasteiger partial charge in [-0.25, -0.2) is 4.79 Å². The molecule has 1 fully saturated rings. The Kier molecular flexibility index (Phi) is 5.56. The Morgan fingerprint density at radius 1 is 1.21 bits per heavy atom. The number of hydrogen-bond acceptors (Lipinski definition) is 4. The lowest BCUT2D eigenvalue weighted by Crippen LogP contribution is -2.44. The van der Waals surface area contributed by atoms with Crippen molar-refractivity contribution in [3.05, 3.63) is 59.1 Å². The third kappa shape index (κ3) is 3.53. The van der Waals surface area contributed by atoms with Gasteiger partial charge in [-0.1, -0.05) is 48.9 Å². The van der Waals surface area contributed by atoms with Gasteiger partial charge in [0.1, 0.15) is 17.8 Å². The van der Waals surface area contributed by atoms with Crippen LogP contribution in [0.1, 0.15) is 18.9 Å². The van der Waals surface area contributed by atoms with Crippen LogP contribution in [0.25, 0.3) is 0 Å². The standard InChI is InChI=1S/C20H20ClN3O4/c1-3-20(13-7-5-4-6-8-13)18(26)24(19(27)23-20)12-17(25)22-15-11-14(21)9-10-16(15)28-2/h4-11H,3,12H2,1-2H3,(H,22,25)(H,23,27)/t20-/m1/s1. The Labute approximate surface area is 167 Å². The Hall–Kier alpha value is -3.06. The van der Waals surface area contributed by atoms with E-state index in [2.05, 4.69) is 10.6 Å². The van der Waals surface area contributed by atoms with E-state index >= 15 is 0 Å². The van der Waals surface area contributed by atoms with Gasteiger partial charge in [-0.2, -0.15) is 0 Å². The zero-order valence-corrected chi connectivity index (χ0v) is 16.2. The lowest BCUT2D eigenvalue weighted by molar-refractivity contribution is -0.134. The summed E-state index contributed by atoms with van der Waals surface area (Å²) in [6.45, 7) is 1.39. The third-order valence-corrected chi connectivity index (χ3v) is 4.95. The first-order valence-electron chi connectivity index (χ1n) is 8.74. The summed E-state index contributed by atoms with van der Waals surface area (Å²) in [5, 5.41) is 5.80. The van der Waals surface area contributed by atoms with Crippen molar-refractivity contribution in [2.45, 2.75) is 18.9 Å². The minimum Gasteiger partial charge on any atom is -0.495 e. The number of hydrogen-bond donors (Lipinski definition) is 2. The predicted octanol–water partition coefficient (Wildman–Crippen LogP) is 3.14. The number of nitrogens with one attached hydrogen (secondary N) is 2. The summed E-state index contributed by atoms with van der Waals surface area (Å²) in [6, 6.07) is 13.2. The lowest BCUT2D eigenvalue weighted by Gasteiger charge is -2.25. The average Bonchev–Trinajstić information content (AvgIpc) is 2.94. The number of carbonyl (C=O) groups excluding carboxylic acids is 3. The number of nitrogens with zero attached hydrogens (tertiary/aromatic N) is 1. The van der Waals surface area contributed by atoms with Crippen molar-refractivity contribution in [3.63, 3.8) is 0 Å². The molecule has 3 rings (SSSR count). The van der Waals surface area contributed by atoms with E-state index < -0.39 is 29.9 Å². The fourth-order valence-electron chi connectivity index (χ4n) is 3.24. The van der Waals surface area contributed by atoms with Crippen LogP contribution in [-0.4, -0.2) is 36.4 Å². The van der Waals surface area contributed by atoms with E-state index in [1.54, 1.807) is 36.4 Å². The van der Waals surface area contributed by atoms with Crippen molar-refractivity contribution in [3.8, 4) is 5.75 Å². The number of ether oxygens (including phenoxy) is 1. The van der Waals surface area contributed by atoms with Gasteiger partial charge in [-0.3, -0.25) is 14.5 Å². The minimum absolute atomic E-state index is 0.358. The summed E-state index contributed by atoms with van der Waals surface area (Å²) in [5.74, 6) is -0.578. The molecule has 2 aromatic carbocycles. The van der Waals surface area contributed by atoms with Gasteiger partial charge < -0.3 is 15.4 Å². The molecule has 1 atom stereocenters. The topological polar surface area (TPSA) is 87.7 Å². The van der Waals surface area contributed by atoms with Gasteiger partial charge in [0.15, 0.2) is 0 Å². The molecule has 0 spiro atoms. The first-order valence-corrected chi connectivity index (χ1v) is 9.12. The van der Waals surface area contributed by atoms with E-state index in [0.29, 0.717) is 28.4 Å². The maximum Gasteiger partial charge on any atom is 0.325 e. The number of methoxy groups -OCH3 is 1. The molecule has 1 aliphatic heterocycles. The molecule has 7 nitrogen and oxygen atoms in total. The number of halogens is 1. The molecule has 4 amide bonds. The summed E-state index contributed by atoms with van der Waals surface area (Å²) < 4.78 is 5.19. The highest BCUT2D eigenvalue weighted by Gasteiger charge is 2.51. The molecule has 146 valence electrons. The number of rotatable bonds is 6. The van der Waals surface area contributed by atoms with E-state index in [9.17, 15) is 14.4 Å². The summed E-state index contributed by atoms with van der Waals surface area (Å²) >= 11 is 5.96. The van der Waals surface area contributed by atoms with E-state index in [1.165, 1.54) is 13.2 Å². The molecule has 1 saturated heterocycles. The SMILES string of the molecule is CC[C@]1(c2ccccc2)NC(=O)N(CC(=O)Nc2cc(Cl)ccc2OC)C1=O. The van der Waals surface area contributed by atoms with Crippen molar-refractivity contribution in [2.75, 3.05) is 19.0 Å². The van der Waals surface area contributed by atoms with Crippen molar-refractivity contribution < 1.29 is 19.1 Å². The molecule has 2 aromatic rings. The zero-order chi connectivity index (χ0) is 20.3. The van der Waals surface area contributed by atoms with Gasteiger partial charge in [0.2, 0.25) is 5.91 Å². The van der Waals surface area contributed by atoms with Crippen LogP contribution in [0.3, 0.4) is 0 Å². The van der Waals surface area contributed by atoms with Crippen LogP contribution >= 0.6 is 11.6 Å². The first kappa shape index (κ1) is 19.7. The van der Waals surface area contributed by atoms with Gasteiger partial charge in [0, 0.05) is 5.02 Å². The third-order valence-electron chi connectivity index (χ3n) is 4.71. The fourth-order valence-corrected chi connectivity index (χ4v) is 3.42. The van der Waals surface area contributed by atoms with E-state index in [4.69, 9.17) is 16.3 Å². The van der Waals surface area contributed by atoms with Gasteiger partial charge in [-0.15, -0.1) is 0 Å². The molecule has 28 heavy (non-hydrogen) atoms. The largest absolute Gasteiger partial charge is 0.495 e. The van der Waals surface area contributed by atoms with Gasteiger partial charge in [-0.05, 0) is 30.2 Å². The molecule has 1 heterocycles. The van der Waals surface area contributed by atoms with Gasteiger partial charge >= 0.3 is 6.03 Å². The predicted molar refractivity (Wildman–Crippen MR) is 105 cm³/mol. The van der Waals surface area contributed by atoms with Crippen LogP contribution in [0.15, 0.2) is 48.5 Å². The molecule has 0 bridgehead atoms. The van der Waals surface area contributed by atoms with E-state index in [0.717, 1.165) is 4.90 Å². The van der Waals surface area contributed by atoms with Crippen LogP contribution in [-0.2, 0) is 15.1 Å². The highest BCUT2D eigenvalue weighted by Crippen LogP contribution is 2.32. The Bertz CT molecular complexity index is 919. The average molecular weight is 402 g/mol. The number of urea groups is 1. The summed E-state index contributed by atoms with van der Waals surface area (Å²) in [5.41, 5.74) is -0.140. The van der Waals surface area contributed by atoms with Crippen molar-refractivity contribution in [2.24, 2.45) is 0 Å². The van der Waals surface area contributed by atoms with E-state index in [1.807, 2.05) is 13.0 Å². The Morgan fingerprint density at radius 3 is 2.57 bits per heavy atom. The number of anilines is 1. The quantitative estimate of drug-likeness (QED) is 0.728. The van der Waals surface area contributed by atoms with Crippen LogP contribution < -0.4 is 15.4 Å². The highest BCUT2D eigenvalue weighted by atomic mass is 35.5. The first-order chi connectivity index (χ1) is 13.4. The fraction of sp³-hybridized carbons (Fsp3) is 0.250. The number of amides is 4. The van der Waals surface area contributed by atoms with Crippen LogP contribution in [0.2, 0.25) is 5.02 Å².